The van der Waals surface area contributed by atoms with Crippen molar-refractivity contribution in [2.45, 2.75) is 57.5 Å². The van der Waals surface area contributed by atoms with Crippen molar-refractivity contribution in [3.8, 4) is 0 Å². The first-order chi connectivity index (χ1) is 15.5. The van der Waals surface area contributed by atoms with Crippen LogP contribution in [0.3, 0.4) is 0 Å². The Balaban J connectivity index is 0.00000259. The molecule has 5 fully saturated rings. The van der Waals surface area contributed by atoms with Crippen LogP contribution in [-0.2, 0) is 9.53 Å². The van der Waals surface area contributed by atoms with E-state index in [0.29, 0.717) is 31.0 Å². The number of nitrogens with two attached hydrogens (primary N) is 1. The number of hydrogen-bond acceptors (Lipinski definition) is 7. The first-order valence-electron chi connectivity index (χ1n) is 12.7. The highest BCUT2D eigenvalue weighted by atomic mass is 35.5. The summed E-state index contributed by atoms with van der Waals surface area (Å²) in [6.07, 6.45) is 9.11. The number of hydrogen-bond donors (Lipinski definition) is 5. The maximum atomic E-state index is 13.1. The number of nitrogens with zero attached hydrogens (tertiary/aromatic N) is 1. The van der Waals surface area contributed by atoms with Crippen molar-refractivity contribution in [2.75, 3.05) is 45.9 Å². The Morgan fingerprint density at radius 3 is 2.45 bits per heavy atom. The molecular weight excluding hydrogens is 442 g/mol. The van der Waals surface area contributed by atoms with Gasteiger partial charge in [0.1, 0.15) is 0 Å². The van der Waals surface area contributed by atoms with Gasteiger partial charge in [0, 0.05) is 39.4 Å². The van der Waals surface area contributed by atoms with Gasteiger partial charge in [-0.05, 0) is 80.0 Å². The van der Waals surface area contributed by atoms with Crippen molar-refractivity contribution in [1.82, 2.24) is 16.0 Å². The first-order valence-corrected chi connectivity index (χ1v) is 12.7. The average Bonchev–Trinajstić information content (AvgIpc) is 2.78. The molecule has 0 spiro atoms. The third-order valence-corrected chi connectivity index (χ3v) is 8.96. The van der Waals surface area contributed by atoms with E-state index in [2.05, 4.69) is 20.9 Å². The minimum atomic E-state index is -0.384. The molecule has 1 saturated heterocycles. The van der Waals surface area contributed by atoms with Gasteiger partial charge < -0.3 is 31.5 Å². The molecule has 4 atom stereocenters. The van der Waals surface area contributed by atoms with Crippen LogP contribution in [0.15, 0.2) is 4.99 Å². The number of carbonyl (C=O) groups excluding carboxylic acids is 1. The molecule has 0 aromatic carbocycles. The van der Waals surface area contributed by atoms with E-state index in [1.807, 2.05) is 0 Å². The van der Waals surface area contributed by atoms with Crippen molar-refractivity contribution in [3.05, 3.63) is 0 Å². The molecule has 9 heteroatoms. The molecule has 1 amide bonds. The van der Waals surface area contributed by atoms with E-state index < -0.39 is 0 Å². The minimum absolute atomic E-state index is 0. The molecule has 4 unspecified atom stereocenters. The Labute approximate surface area is 203 Å². The van der Waals surface area contributed by atoms with Crippen molar-refractivity contribution >= 4 is 24.3 Å². The Kier molecular flexibility index (Phi) is 7.78. The predicted octanol–water partition coefficient (Wildman–Crippen LogP) is 1.02. The lowest BCUT2D eigenvalue weighted by Gasteiger charge is -2.62. The van der Waals surface area contributed by atoms with Crippen LogP contribution in [0, 0.1) is 34.5 Å². The maximum absolute atomic E-state index is 13.1. The lowest BCUT2D eigenvalue weighted by molar-refractivity contribution is -0.132. The second-order valence-electron chi connectivity index (χ2n) is 11.5. The number of guanidine groups is 1. The van der Waals surface area contributed by atoms with E-state index in [0.717, 1.165) is 56.9 Å². The molecule has 4 bridgehead atoms. The molecule has 6 N–H and O–H groups in total. The molecule has 33 heavy (non-hydrogen) atoms. The van der Waals surface area contributed by atoms with Gasteiger partial charge in [-0.2, -0.15) is 0 Å². The van der Waals surface area contributed by atoms with Crippen LogP contribution in [0.25, 0.3) is 0 Å². The number of amides is 1. The Morgan fingerprint density at radius 1 is 1.18 bits per heavy atom. The topological polar surface area (TPSA) is 121 Å². The Hall–Kier alpha value is -1.09. The number of β-amino-alcohol motifs (C(OH)–C–C–N with tert-alkyl or cyclic N) is 1. The van der Waals surface area contributed by atoms with Crippen LogP contribution in [0.5, 0.6) is 0 Å². The van der Waals surface area contributed by atoms with E-state index in [1.54, 1.807) is 0 Å². The molecule has 2 heterocycles. The monoisotopic (exact) mass is 483 g/mol. The SMILES string of the molecule is Cl.NCC(C(=O)NCC12CC3CC(C1)CC(CNC1=NCC(O)CN1)(C3)C2)C1CCOCC1. The molecule has 6 rings (SSSR count). The van der Waals surface area contributed by atoms with Crippen LogP contribution in [0.1, 0.15) is 51.4 Å². The van der Waals surface area contributed by atoms with Gasteiger partial charge in [0.25, 0.3) is 0 Å². The number of carbonyl (C=O) groups is 1. The van der Waals surface area contributed by atoms with Crippen LogP contribution < -0.4 is 21.7 Å². The number of rotatable bonds is 7. The fraction of sp³-hybridized carbons (Fsp3) is 0.917. The van der Waals surface area contributed by atoms with Crippen molar-refractivity contribution in [1.29, 1.82) is 0 Å². The van der Waals surface area contributed by atoms with Gasteiger partial charge in [0.2, 0.25) is 5.91 Å². The second-order valence-corrected chi connectivity index (χ2v) is 11.5. The van der Waals surface area contributed by atoms with Gasteiger partial charge in [0.15, 0.2) is 5.96 Å². The van der Waals surface area contributed by atoms with E-state index in [9.17, 15) is 9.90 Å². The van der Waals surface area contributed by atoms with Gasteiger partial charge in [-0.1, -0.05) is 0 Å². The van der Waals surface area contributed by atoms with Crippen molar-refractivity contribution in [3.63, 3.8) is 0 Å². The zero-order valence-electron chi connectivity index (χ0n) is 19.7. The Morgan fingerprint density at radius 2 is 1.85 bits per heavy atom. The molecule has 0 radical (unpaired) electrons. The number of aliphatic hydroxyl groups excluding tert-OH is 1. The normalized spacial score (nSPS) is 38.6. The maximum Gasteiger partial charge on any atom is 0.224 e. The highest BCUT2D eigenvalue weighted by molar-refractivity contribution is 5.85. The molecular formula is C24H42ClN5O3. The number of aliphatic hydroxyl groups is 1. The van der Waals surface area contributed by atoms with Crippen molar-refractivity contribution in [2.24, 2.45) is 45.2 Å². The summed E-state index contributed by atoms with van der Waals surface area (Å²) >= 11 is 0. The first kappa shape index (κ1) is 25.0. The minimum Gasteiger partial charge on any atom is -0.389 e. The lowest BCUT2D eigenvalue weighted by Crippen LogP contribution is -2.59. The van der Waals surface area contributed by atoms with Crippen LogP contribution in [0.2, 0.25) is 0 Å². The summed E-state index contributed by atoms with van der Waals surface area (Å²) in [5.74, 6) is 2.80. The summed E-state index contributed by atoms with van der Waals surface area (Å²) in [5, 5.41) is 19.8. The summed E-state index contributed by atoms with van der Waals surface area (Å²) in [7, 11) is 0. The van der Waals surface area contributed by atoms with Crippen molar-refractivity contribution < 1.29 is 14.6 Å². The molecule has 2 aliphatic heterocycles. The quantitative estimate of drug-likeness (QED) is 0.368. The second kappa shape index (κ2) is 10.3. The standard InChI is InChI=1S/C24H41N5O3.ClH/c25-10-20(18-1-3-32-4-2-18)21(31)28-14-23-6-16-5-17(7-23)9-24(8-16,13-23)15-29-22-26-11-19(30)12-27-22;/h16-20,30H,1-15,25H2,(H,28,31)(H2,26,27,29);1H. The van der Waals surface area contributed by atoms with Gasteiger partial charge in [-0.25, -0.2) is 0 Å². The summed E-state index contributed by atoms with van der Waals surface area (Å²) < 4.78 is 5.48. The smallest absolute Gasteiger partial charge is 0.224 e. The number of halogens is 1. The van der Waals surface area contributed by atoms with Crippen LogP contribution in [-0.4, -0.2) is 69.0 Å². The number of aliphatic imine (C=N–C) groups is 1. The zero-order valence-corrected chi connectivity index (χ0v) is 20.5. The third kappa shape index (κ3) is 5.44. The molecule has 6 aliphatic rings. The van der Waals surface area contributed by atoms with Gasteiger partial charge in [0.05, 0.1) is 18.6 Å². The predicted molar refractivity (Wildman–Crippen MR) is 130 cm³/mol. The molecule has 188 valence electrons. The molecule has 4 saturated carbocycles. The van der Waals surface area contributed by atoms with Gasteiger partial charge in [-0.3, -0.25) is 9.79 Å². The van der Waals surface area contributed by atoms with Crippen LogP contribution in [0.4, 0.5) is 0 Å². The van der Waals surface area contributed by atoms with E-state index in [-0.39, 0.29) is 35.8 Å². The highest BCUT2D eigenvalue weighted by Gasteiger charge is 2.57. The number of ether oxygens (including phenoxy) is 1. The summed E-state index contributed by atoms with van der Waals surface area (Å²) in [6, 6.07) is 0. The zero-order chi connectivity index (χ0) is 22.2. The number of nitrogens with one attached hydrogen (secondary N) is 3. The van der Waals surface area contributed by atoms with E-state index >= 15 is 0 Å². The van der Waals surface area contributed by atoms with Gasteiger partial charge in [-0.15, -0.1) is 12.4 Å². The van der Waals surface area contributed by atoms with E-state index in [1.165, 1.54) is 38.5 Å². The fourth-order valence-corrected chi connectivity index (χ4v) is 8.02. The highest BCUT2D eigenvalue weighted by Crippen LogP contribution is 2.64. The molecule has 0 aromatic rings. The van der Waals surface area contributed by atoms with Crippen LogP contribution >= 0.6 is 12.4 Å². The third-order valence-electron chi connectivity index (χ3n) is 8.96. The lowest BCUT2D eigenvalue weighted by atomic mass is 9.44. The molecule has 0 aromatic heterocycles. The van der Waals surface area contributed by atoms with Gasteiger partial charge >= 0.3 is 0 Å². The van der Waals surface area contributed by atoms with E-state index in [4.69, 9.17) is 10.5 Å². The summed E-state index contributed by atoms with van der Waals surface area (Å²) in [5.41, 5.74) is 6.56. The largest absolute Gasteiger partial charge is 0.389 e. The molecule has 8 nitrogen and oxygen atoms in total. The average molecular weight is 484 g/mol. The fourth-order valence-electron chi connectivity index (χ4n) is 8.02. The summed E-state index contributed by atoms with van der Waals surface area (Å²) in [4.78, 5) is 17.6. The summed E-state index contributed by atoms with van der Waals surface area (Å²) in [6.45, 7) is 4.68. The molecule has 4 aliphatic carbocycles. The Bertz CT molecular complexity index is 715.